The standard InChI is InChI=1S/C14H22N2O/c1-10(11(2)14(15)17)13-7-5-12(6-8-13)9-16(3)4/h5-8,10-11H,9H2,1-4H3,(H2,15,17)/t10-,11?/m0/s1. The van der Waals surface area contributed by atoms with E-state index in [9.17, 15) is 4.79 Å². The smallest absolute Gasteiger partial charge is 0.220 e. The quantitative estimate of drug-likeness (QED) is 0.846. The van der Waals surface area contributed by atoms with Crippen molar-refractivity contribution in [1.29, 1.82) is 0 Å². The molecule has 0 aromatic heterocycles. The molecule has 2 N–H and O–H groups in total. The fourth-order valence-electron chi connectivity index (χ4n) is 1.83. The van der Waals surface area contributed by atoms with Gasteiger partial charge in [-0.25, -0.2) is 0 Å². The van der Waals surface area contributed by atoms with Crippen LogP contribution in [0.15, 0.2) is 24.3 Å². The van der Waals surface area contributed by atoms with Crippen molar-refractivity contribution in [3.8, 4) is 0 Å². The SMILES string of the molecule is CC(C(N)=O)[C@H](C)c1ccc(CN(C)C)cc1. The monoisotopic (exact) mass is 234 g/mol. The lowest BCUT2D eigenvalue weighted by Gasteiger charge is -2.18. The molecule has 1 unspecified atom stereocenters. The number of hydrogen-bond acceptors (Lipinski definition) is 2. The summed E-state index contributed by atoms with van der Waals surface area (Å²) in [5.41, 5.74) is 7.77. The summed E-state index contributed by atoms with van der Waals surface area (Å²) >= 11 is 0. The molecule has 0 aliphatic heterocycles. The van der Waals surface area contributed by atoms with Gasteiger partial charge in [-0.15, -0.1) is 0 Å². The van der Waals surface area contributed by atoms with Gasteiger partial charge >= 0.3 is 0 Å². The molecule has 1 amide bonds. The maximum absolute atomic E-state index is 11.1. The van der Waals surface area contributed by atoms with E-state index < -0.39 is 0 Å². The summed E-state index contributed by atoms with van der Waals surface area (Å²) in [5.74, 6) is -0.203. The van der Waals surface area contributed by atoms with Crippen LogP contribution in [-0.4, -0.2) is 24.9 Å². The lowest BCUT2D eigenvalue weighted by atomic mass is 9.88. The Morgan fingerprint density at radius 3 is 2.18 bits per heavy atom. The van der Waals surface area contributed by atoms with Gasteiger partial charge in [0.25, 0.3) is 0 Å². The summed E-state index contributed by atoms with van der Waals surface area (Å²) in [6.45, 7) is 4.84. The van der Waals surface area contributed by atoms with Crippen molar-refractivity contribution >= 4 is 5.91 Å². The Balaban J connectivity index is 2.76. The van der Waals surface area contributed by atoms with Crippen LogP contribution in [0.25, 0.3) is 0 Å². The van der Waals surface area contributed by atoms with Crippen LogP contribution in [0.5, 0.6) is 0 Å². The van der Waals surface area contributed by atoms with E-state index in [0.717, 1.165) is 6.54 Å². The third-order valence-corrected chi connectivity index (χ3v) is 3.20. The van der Waals surface area contributed by atoms with Gasteiger partial charge in [-0.05, 0) is 31.1 Å². The number of primary amides is 1. The number of amides is 1. The summed E-state index contributed by atoms with van der Waals surface area (Å²) in [5, 5.41) is 0. The molecular formula is C14H22N2O. The number of hydrogen-bond donors (Lipinski definition) is 1. The molecule has 0 saturated heterocycles. The van der Waals surface area contributed by atoms with Gasteiger partial charge in [-0.2, -0.15) is 0 Å². The van der Waals surface area contributed by atoms with Gasteiger partial charge in [-0.3, -0.25) is 4.79 Å². The lowest BCUT2D eigenvalue weighted by Crippen LogP contribution is -2.25. The Bertz CT molecular complexity index is 370. The Labute approximate surface area is 104 Å². The van der Waals surface area contributed by atoms with E-state index in [1.807, 2.05) is 27.9 Å². The molecule has 0 bridgehead atoms. The Morgan fingerprint density at radius 1 is 1.24 bits per heavy atom. The summed E-state index contributed by atoms with van der Waals surface area (Å²) in [6, 6.07) is 8.39. The molecule has 1 rings (SSSR count). The molecule has 2 atom stereocenters. The van der Waals surface area contributed by atoms with E-state index in [0.29, 0.717) is 0 Å². The van der Waals surface area contributed by atoms with E-state index in [1.165, 1.54) is 11.1 Å². The summed E-state index contributed by atoms with van der Waals surface area (Å²) in [7, 11) is 4.09. The van der Waals surface area contributed by atoms with Crippen LogP contribution in [0.1, 0.15) is 30.9 Å². The van der Waals surface area contributed by atoms with Crippen LogP contribution < -0.4 is 5.73 Å². The summed E-state index contributed by atoms with van der Waals surface area (Å²) in [4.78, 5) is 13.3. The largest absolute Gasteiger partial charge is 0.369 e. The number of nitrogens with two attached hydrogens (primary N) is 1. The van der Waals surface area contributed by atoms with Crippen molar-refractivity contribution in [2.45, 2.75) is 26.3 Å². The van der Waals surface area contributed by atoms with Crippen LogP contribution in [-0.2, 0) is 11.3 Å². The van der Waals surface area contributed by atoms with Gasteiger partial charge in [0.1, 0.15) is 0 Å². The second-order valence-corrected chi connectivity index (χ2v) is 4.96. The average Bonchev–Trinajstić information content (AvgIpc) is 2.27. The van der Waals surface area contributed by atoms with E-state index in [2.05, 4.69) is 29.2 Å². The fourth-order valence-corrected chi connectivity index (χ4v) is 1.83. The molecule has 0 spiro atoms. The summed E-state index contributed by atoms with van der Waals surface area (Å²) < 4.78 is 0. The number of benzene rings is 1. The van der Waals surface area contributed by atoms with E-state index in [4.69, 9.17) is 5.73 Å². The molecule has 0 saturated carbocycles. The highest BCUT2D eigenvalue weighted by Gasteiger charge is 2.18. The first-order valence-electron chi connectivity index (χ1n) is 5.94. The van der Waals surface area contributed by atoms with Crippen LogP contribution in [0.3, 0.4) is 0 Å². The number of carbonyl (C=O) groups is 1. The minimum Gasteiger partial charge on any atom is -0.369 e. The topological polar surface area (TPSA) is 46.3 Å². The van der Waals surface area contributed by atoms with Crippen molar-refractivity contribution < 1.29 is 4.79 Å². The van der Waals surface area contributed by atoms with Crippen molar-refractivity contribution in [3.63, 3.8) is 0 Å². The number of rotatable bonds is 5. The maximum atomic E-state index is 11.1. The minimum atomic E-state index is -0.241. The predicted octanol–water partition coefficient (Wildman–Crippen LogP) is 1.97. The highest BCUT2D eigenvalue weighted by Crippen LogP contribution is 2.24. The number of carbonyl (C=O) groups excluding carboxylic acids is 1. The number of nitrogens with zero attached hydrogens (tertiary/aromatic N) is 1. The van der Waals surface area contributed by atoms with Crippen molar-refractivity contribution in [2.24, 2.45) is 11.7 Å². The Morgan fingerprint density at radius 2 is 1.76 bits per heavy atom. The lowest BCUT2D eigenvalue weighted by molar-refractivity contribution is -0.121. The first kappa shape index (κ1) is 13.7. The van der Waals surface area contributed by atoms with E-state index in [-0.39, 0.29) is 17.7 Å². The minimum absolute atomic E-state index is 0.130. The van der Waals surface area contributed by atoms with Gasteiger partial charge in [0.2, 0.25) is 5.91 Å². The molecular weight excluding hydrogens is 212 g/mol. The molecule has 17 heavy (non-hydrogen) atoms. The van der Waals surface area contributed by atoms with Gasteiger partial charge in [-0.1, -0.05) is 38.1 Å². The summed E-state index contributed by atoms with van der Waals surface area (Å²) in [6.07, 6.45) is 0. The molecule has 3 nitrogen and oxygen atoms in total. The van der Waals surface area contributed by atoms with Gasteiger partial charge in [0.15, 0.2) is 0 Å². The zero-order chi connectivity index (χ0) is 13.0. The molecule has 0 aliphatic carbocycles. The van der Waals surface area contributed by atoms with Crippen LogP contribution in [0.2, 0.25) is 0 Å². The predicted molar refractivity (Wildman–Crippen MR) is 70.6 cm³/mol. The average molecular weight is 234 g/mol. The second kappa shape index (κ2) is 5.82. The Kier molecular flexibility index (Phi) is 4.70. The van der Waals surface area contributed by atoms with Crippen molar-refractivity contribution in [3.05, 3.63) is 35.4 Å². The molecule has 94 valence electrons. The van der Waals surface area contributed by atoms with Crippen LogP contribution in [0.4, 0.5) is 0 Å². The molecule has 0 heterocycles. The third-order valence-electron chi connectivity index (χ3n) is 3.20. The maximum Gasteiger partial charge on any atom is 0.220 e. The molecule has 1 aromatic rings. The van der Waals surface area contributed by atoms with E-state index in [1.54, 1.807) is 0 Å². The first-order valence-corrected chi connectivity index (χ1v) is 5.94. The van der Waals surface area contributed by atoms with Crippen molar-refractivity contribution in [2.75, 3.05) is 14.1 Å². The zero-order valence-corrected chi connectivity index (χ0v) is 11.1. The molecule has 3 heteroatoms. The van der Waals surface area contributed by atoms with Gasteiger partial charge in [0.05, 0.1) is 0 Å². The van der Waals surface area contributed by atoms with Crippen LogP contribution in [0, 0.1) is 5.92 Å². The fraction of sp³-hybridized carbons (Fsp3) is 0.500. The van der Waals surface area contributed by atoms with Gasteiger partial charge < -0.3 is 10.6 Å². The highest BCUT2D eigenvalue weighted by atomic mass is 16.1. The molecule has 1 aromatic carbocycles. The Hall–Kier alpha value is -1.35. The normalized spacial score (nSPS) is 14.6. The van der Waals surface area contributed by atoms with Gasteiger partial charge in [0, 0.05) is 12.5 Å². The molecule has 0 aliphatic rings. The molecule has 0 radical (unpaired) electrons. The third kappa shape index (κ3) is 3.86. The van der Waals surface area contributed by atoms with E-state index >= 15 is 0 Å². The zero-order valence-electron chi connectivity index (χ0n) is 11.1. The van der Waals surface area contributed by atoms with Crippen LogP contribution >= 0.6 is 0 Å². The van der Waals surface area contributed by atoms with Crippen molar-refractivity contribution in [1.82, 2.24) is 4.90 Å². The first-order chi connectivity index (χ1) is 7.91. The highest BCUT2D eigenvalue weighted by molar-refractivity contribution is 5.77. The second-order valence-electron chi connectivity index (χ2n) is 4.96. The molecule has 0 fully saturated rings.